The van der Waals surface area contributed by atoms with E-state index >= 15 is 0 Å². The van der Waals surface area contributed by atoms with Gasteiger partial charge in [0.05, 0.1) is 12.7 Å². The van der Waals surface area contributed by atoms with Crippen molar-refractivity contribution in [1.82, 2.24) is 0 Å². The molecule has 1 aromatic carbocycles. The third kappa shape index (κ3) is 3.19. The number of hydrogen-bond donors (Lipinski definition) is 1. The topological polar surface area (TPSA) is 73.9 Å². The first-order chi connectivity index (χ1) is 11.9. The lowest BCUT2D eigenvalue weighted by atomic mass is 10.1. The third-order valence-electron chi connectivity index (χ3n) is 4.11. The summed E-state index contributed by atoms with van der Waals surface area (Å²) in [6.45, 7) is 5.49. The van der Waals surface area contributed by atoms with Crippen molar-refractivity contribution in [2.24, 2.45) is 0 Å². The van der Waals surface area contributed by atoms with Crippen LogP contribution in [-0.2, 0) is 9.53 Å². The Kier molecular flexibility index (Phi) is 4.67. The number of fused-ring (bicyclic) bond motifs is 1. The molecule has 132 valence electrons. The van der Waals surface area contributed by atoms with E-state index in [9.17, 15) is 9.59 Å². The van der Waals surface area contributed by atoms with Gasteiger partial charge < -0.3 is 19.5 Å². The first kappa shape index (κ1) is 17.3. The number of carbonyl (C=O) groups is 2. The molecule has 3 rings (SSSR count). The van der Waals surface area contributed by atoms with Gasteiger partial charge in [0.1, 0.15) is 11.1 Å². The van der Waals surface area contributed by atoms with Gasteiger partial charge in [-0.3, -0.25) is 4.79 Å². The number of thiophene rings is 1. The molecule has 2 aromatic rings. The molecule has 0 unspecified atom stereocenters. The lowest BCUT2D eigenvalue weighted by Gasteiger charge is -2.30. The van der Waals surface area contributed by atoms with Gasteiger partial charge in [0.25, 0.3) is 5.91 Å². The van der Waals surface area contributed by atoms with E-state index in [1.165, 1.54) is 18.4 Å². The van der Waals surface area contributed by atoms with Gasteiger partial charge in [0.2, 0.25) is 6.10 Å². The van der Waals surface area contributed by atoms with Gasteiger partial charge >= 0.3 is 5.97 Å². The molecule has 25 heavy (non-hydrogen) atoms. The molecule has 0 saturated carbocycles. The lowest BCUT2D eigenvalue weighted by Crippen LogP contribution is -2.46. The zero-order valence-electron chi connectivity index (χ0n) is 14.4. The normalized spacial score (nSPS) is 18.6. The highest BCUT2D eigenvalue weighted by molar-refractivity contribution is 7.16. The predicted octanol–water partition coefficient (Wildman–Crippen LogP) is 3.32. The minimum Gasteiger partial charge on any atom is -0.482 e. The van der Waals surface area contributed by atoms with Crippen molar-refractivity contribution in [1.29, 1.82) is 0 Å². The number of hydrogen-bond acceptors (Lipinski definition) is 6. The quantitative estimate of drug-likeness (QED) is 0.849. The number of amides is 1. The molecule has 1 aliphatic heterocycles. The summed E-state index contributed by atoms with van der Waals surface area (Å²) in [6, 6.07) is 7.20. The fourth-order valence-electron chi connectivity index (χ4n) is 2.65. The summed E-state index contributed by atoms with van der Waals surface area (Å²) in [7, 11) is 1.32. The molecule has 6 nitrogen and oxygen atoms in total. The highest BCUT2D eigenvalue weighted by Crippen LogP contribution is 2.36. The van der Waals surface area contributed by atoms with E-state index in [-0.39, 0.29) is 5.91 Å². The third-order valence-corrected chi connectivity index (χ3v) is 5.23. The molecule has 1 N–H and O–H groups in total. The fourth-order valence-corrected chi connectivity index (χ4v) is 3.70. The second kappa shape index (κ2) is 6.76. The van der Waals surface area contributed by atoms with Crippen LogP contribution in [0.25, 0.3) is 0 Å². The van der Waals surface area contributed by atoms with Crippen molar-refractivity contribution in [2.45, 2.75) is 33.0 Å². The smallest absolute Gasteiger partial charge is 0.341 e. The molecule has 0 spiro atoms. The van der Waals surface area contributed by atoms with Crippen LogP contribution in [0.5, 0.6) is 11.5 Å². The lowest BCUT2D eigenvalue weighted by molar-refractivity contribution is -0.127. The van der Waals surface area contributed by atoms with E-state index < -0.39 is 18.2 Å². The van der Waals surface area contributed by atoms with Crippen molar-refractivity contribution in [3.8, 4) is 11.5 Å². The molecule has 0 radical (unpaired) electrons. The number of carbonyl (C=O) groups excluding carboxylic acids is 2. The number of esters is 1. The zero-order valence-corrected chi connectivity index (χ0v) is 15.2. The number of aryl methyl sites for hydroxylation is 1. The van der Waals surface area contributed by atoms with E-state index in [4.69, 9.17) is 14.2 Å². The van der Waals surface area contributed by atoms with Crippen LogP contribution in [0.4, 0.5) is 5.00 Å². The molecule has 1 aromatic heterocycles. The Balaban J connectivity index is 1.84. The number of benzene rings is 1. The Morgan fingerprint density at radius 3 is 2.44 bits per heavy atom. The van der Waals surface area contributed by atoms with Crippen LogP contribution in [0.3, 0.4) is 0 Å². The van der Waals surface area contributed by atoms with Crippen LogP contribution in [0.2, 0.25) is 0 Å². The Morgan fingerprint density at radius 1 is 1.16 bits per heavy atom. The van der Waals surface area contributed by atoms with Gasteiger partial charge in [-0.15, -0.1) is 11.3 Å². The standard InChI is InChI=1S/C18H19NO5S/c1-9-11(3)25-17(14(9)18(21)22-4)19-16(20)15-10(2)23-12-7-5-6-8-13(12)24-15/h5-8,10,15H,1-4H3,(H,19,20)/t10-,15+/m0/s1. The molecule has 7 heteroatoms. The molecule has 0 saturated heterocycles. The van der Waals surface area contributed by atoms with E-state index in [1.54, 1.807) is 19.1 Å². The number of anilines is 1. The molecule has 1 aliphatic rings. The minimum atomic E-state index is -0.817. The highest BCUT2D eigenvalue weighted by atomic mass is 32.1. The molecular weight excluding hydrogens is 342 g/mol. The SMILES string of the molecule is COC(=O)c1c(NC(=O)[C@@H]2Oc3ccccc3O[C@H]2C)sc(C)c1C. The van der Waals surface area contributed by atoms with Crippen molar-refractivity contribution in [2.75, 3.05) is 12.4 Å². The number of nitrogens with one attached hydrogen (secondary N) is 1. The summed E-state index contributed by atoms with van der Waals surface area (Å²) in [4.78, 5) is 25.7. The van der Waals surface area contributed by atoms with Crippen molar-refractivity contribution >= 4 is 28.2 Å². The summed E-state index contributed by atoms with van der Waals surface area (Å²) in [5, 5.41) is 3.25. The number of para-hydroxylation sites is 2. The fraction of sp³-hybridized carbons (Fsp3) is 0.333. The van der Waals surface area contributed by atoms with Crippen LogP contribution >= 0.6 is 11.3 Å². The van der Waals surface area contributed by atoms with Crippen molar-refractivity contribution in [3.05, 3.63) is 40.3 Å². The average molecular weight is 361 g/mol. The Bertz CT molecular complexity index is 829. The van der Waals surface area contributed by atoms with Crippen molar-refractivity contribution in [3.63, 3.8) is 0 Å². The molecule has 2 heterocycles. The van der Waals surface area contributed by atoms with Crippen LogP contribution in [0.15, 0.2) is 24.3 Å². The highest BCUT2D eigenvalue weighted by Gasteiger charge is 2.35. The Hall–Kier alpha value is -2.54. The second-order valence-corrected chi connectivity index (χ2v) is 7.00. The minimum absolute atomic E-state index is 0.367. The maximum atomic E-state index is 12.7. The van der Waals surface area contributed by atoms with Crippen LogP contribution in [0, 0.1) is 13.8 Å². The van der Waals surface area contributed by atoms with Crippen LogP contribution < -0.4 is 14.8 Å². The van der Waals surface area contributed by atoms with E-state index in [0.29, 0.717) is 22.1 Å². The van der Waals surface area contributed by atoms with Crippen LogP contribution in [-0.4, -0.2) is 31.2 Å². The summed E-state index contributed by atoms with van der Waals surface area (Å²) in [6.07, 6.45) is -1.28. The van der Waals surface area contributed by atoms with E-state index in [1.807, 2.05) is 26.0 Å². The molecule has 0 fully saturated rings. The largest absolute Gasteiger partial charge is 0.482 e. The zero-order chi connectivity index (χ0) is 18.1. The van der Waals surface area contributed by atoms with Gasteiger partial charge in [0.15, 0.2) is 11.5 Å². The van der Waals surface area contributed by atoms with Gasteiger partial charge in [-0.1, -0.05) is 12.1 Å². The molecule has 0 bridgehead atoms. The van der Waals surface area contributed by atoms with Crippen LogP contribution in [0.1, 0.15) is 27.7 Å². The summed E-state index contributed by atoms with van der Waals surface area (Å²) >= 11 is 1.33. The van der Waals surface area contributed by atoms with Gasteiger partial charge in [-0.05, 0) is 38.5 Å². The summed E-state index contributed by atoms with van der Waals surface area (Å²) in [5.74, 6) is 0.286. The Morgan fingerprint density at radius 2 is 1.80 bits per heavy atom. The number of ether oxygens (including phenoxy) is 3. The average Bonchev–Trinajstić information content (AvgIpc) is 2.87. The molecule has 0 aliphatic carbocycles. The van der Waals surface area contributed by atoms with E-state index in [0.717, 1.165) is 10.4 Å². The second-order valence-electron chi connectivity index (χ2n) is 5.78. The molecule has 1 amide bonds. The summed E-state index contributed by atoms with van der Waals surface area (Å²) in [5.41, 5.74) is 1.18. The van der Waals surface area contributed by atoms with E-state index in [2.05, 4.69) is 5.32 Å². The first-order valence-corrected chi connectivity index (χ1v) is 8.65. The maximum absolute atomic E-state index is 12.7. The monoisotopic (exact) mass is 361 g/mol. The first-order valence-electron chi connectivity index (χ1n) is 7.84. The number of rotatable bonds is 3. The number of methoxy groups -OCH3 is 1. The predicted molar refractivity (Wildman–Crippen MR) is 94.7 cm³/mol. The Labute approximate surface area is 149 Å². The van der Waals surface area contributed by atoms with Crippen molar-refractivity contribution < 1.29 is 23.8 Å². The van der Waals surface area contributed by atoms with Gasteiger partial charge in [0, 0.05) is 4.88 Å². The van der Waals surface area contributed by atoms with Gasteiger partial charge in [-0.25, -0.2) is 4.79 Å². The van der Waals surface area contributed by atoms with Gasteiger partial charge in [-0.2, -0.15) is 0 Å². The molecular formula is C18H19NO5S. The molecule has 2 atom stereocenters. The summed E-state index contributed by atoms with van der Waals surface area (Å²) < 4.78 is 16.4. The maximum Gasteiger partial charge on any atom is 0.341 e.